The molecule has 2 aliphatic heterocycles. The van der Waals surface area contributed by atoms with E-state index in [0.717, 1.165) is 33.3 Å². The molecule has 3 nitrogen and oxygen atoms in total. The third-order valence-corrected chi connectivity index (χ3v) is 10.9. The number of benzene rings is 8. The molecule has 0 unspecified atom stereocenters. The summed E-state index contributed by atoms with van der Waals surface area (Å²) < 4.78 is 6.24. The Morgan fingerprint density at radius 2 is 0.865 bits per heavy atom. The molecule has 0 aliphatic carbocycles. The molecule has 0 amide bonds. The van der Waals surface area contributed by atoms with E-state index in [9.17, 15) is 0 Å². The van der Waals surface area contributed by atoms with Crippen LogP contribution in [0, 0.1) is 0 Å². The van der Waals surface area contributed by atoms with Gasteiger partial charge >= 0.3 is 0 Å². The van der Waals surface area contributed by atoms with Crippen LogP contribution < -0.4 is 26.2 Å². The van der Waals surface area contributed by atoms with Crippen molar-refractivity contribution < 1.29 is 4.42 Å². The molecule has 2 aliphatic rings. The first-order chi connectivity index (χ1) is 25.8. The number of nitrogens with zero attached hydrogens (tertiary/aromatic N) is 2. The standard InChI is InChI=1S/C48H31BN2O/c1-3-14-34(15-4-1)50-40-22-9-8-21-39(40)49-47-37(20-11-23-41(47)51(35-16-5-2-6-17-35)43-25-13-24-42(50)48(43)49)33-30-28-32(29-31-33)36-19-12-27-45-46(36)38-18-7-10-26-44(38)52-45/h1-31H. The molecule has 0 atom stereocenters. The van der Waals surface area contributed by atoms with Crippen molar-refractivity contribution in [2.24, 2.45) is 0 Å². The zero-order chi connectivity index (χ0) is 34.2. The lowest BCUT2D eigenvalue weighted by Gasteiger charge is -2.44. The van der Waals surface area contributed by atoms with Crippen LogP contribution in [-0.4, -0.2) is 6.71 Å². The molecule has 242 valence electrons. The molecule has 0 saturated heterocycles. The van der Waals surface area contributed by atoms with Crippen LogP contribution in [0.25, 0.3) is 44.2 Å². The summed E-state index contributed by atoms with van der Waals surface area (Å²) in [5, 5.41) is 2.30. The van der Waals surface area contributed by atoms with Gasteiger partial charge in [-0.25, -0.2) is 0 Å². The Morgan fingerprint density at radius 1 is 0.365 bits per heavy atom. The lowest BCUT2D eigenvalue weighted by molar-refractivity contribution is 0.669. The maximum atomic E-state index is 6.24. The predicted molar refractivity (Wildman–Crippen MR) is 219 cm³/mol. The maximum Gasteiger partial charge on any atom is 0.252 e. The number of furan rings is 1. The first-order valence-corrected chi connectivity index (χ1v) is 17.9. The molecule has 4 heteroatoms. The van der Waals surface area contributed by atoms with Crippen molar-refractivity contribution in [2.45, 2.75) is 0 Å². The summed E-state index contributed by atoms with van der Waals surface area (Å²) >= 11 is 0. The van der Waals surface area contributed by atoms with Gasteiger partial charge in [0.1, 0.15) is 11.2 Å². The lowest BCUT2D eigenvalue weighted by Crippen LogP contribution is -2.61. The molecule has 0 radical (unpaired) electrons. The van der Waals surface area contributed by atoms with Crippen LogP contribution in [-0.2, 0) is 0 Å². The van der Waals surface area contributed by atoms with E-state index < -0.39 is 0 Å². The van der Waals surface area contributed by atoms with Gasteiger partial charge in [0.2, 0.25) is 0 Å². The van der Waals surface area contributed by atoms with Gasteiger partial charge < -0.3 is 14.2 Å². The van der Waals surface area contributed by atoms with E-state index in [1.165, 1.54) is 61.4 Å². The average Bonchev–Trinajstić information content (AvgIpc) is 3.60. The van der Waals surface area contributed by atoms with Crippen LogP contribution in [0.5, 0.6) is 0 Å². The largest absolute Gasteiger partial charge is 0.456 e. The summed E-state index contributed by atoms with van der Waals surface area (Å²) in [4.78, 5) is 4.90. The molecule has 0 fully saturated rings. The molecule has 3 heterocycles. The monoisotopic (exact) mass is 662 g/mol. The molecule has 0 spiro atoms. The second-order valence-corrected chi connectivity index (χ2v) is 13.6. The van der Waals surface area contributed by atoms with Crippen LogP contribution in [0.15, 0.2) is 192 Å². The Bertz CT molecular complexity index is 2790. The second kappa shape index (κ2) is 11.4. The Balaban J connectivity index is 1.14. The molecular formula is C48H31BN2O. The SMILES string of the molecule is c1ccc(N2c3ccccc3B3c4c(-c5ccc(-c6cccc7oc8ccccc8c67)cc5)cccc4N(c4ccccc4)c4cccc2c43)cc1. The van der Waals surface area contributed by atoms with Crippen molar-refractivity contribution in [1.29, 1.82) is 0 Å². The summed E-state index contributed by atoms with van der Waals surface area (Å²) in [7, 11) is 0. The van der Waals surface area contributed by atoms with Gasteiger partial charge in [0.25, 0.3) is 6.71 Å². The van der Waals surface area contributed by atoms with E-state index in [1.807, 2.05) is 12.1 Å². The van der Waals surface area contributed by atoms with Gasteiger partial charge in [-0.2, -0.15) is 0 Å². The summed E-state index contributed by atoms with van der Waals surface area (Å²) in [6, 6.07) is 68.0. The Labute approximate surface area is 302 Å². The number of hydrogen-bond donors (Lipinski definition) is 0. The van der Waals surface area contributed by atoms with Crippen LogP contribution in [0.2, 0.25) is 0 Å². The van der Waals surface area contributed by atoms with E-state index in [-0.39, 0.29) is 6.71 Å². The molecule has 0 saturated carbocycles. The fourth-order valence-electron chi connectivity index (χ4n) is 8.74. The van der Waals surface area contributed by atoms with Crippen molar-refractivity contribution in [3.8, 4) is 22.3 Å². The minimum Gasteiger partial charge on any atom is -0.456 e. The maximum absolute atomic E-state index is 6.24. The van der Waals surface area contributed by atoms with Crippen LogP contribution in [0.3, 0.4) is 0 Å². The van der Waals surface area contributed by atoms with Gasteiger partial charge in [0.15, 0.2) is 0 Å². The van der Waals surface area contributed by atoms with Gasteiger partial charge in [-0.3, -0.25) is 0 Å². The molecular weight excluding hydrogens is 631 g/mol. The van der Waals surface area contributed by atoms with Crippen LogP contribution >= 0.6 is 0 Å². The number of hydrogen-bond acceptors (Lipinski definition) is 3. The van der Waals surface area contributed by atoms with E-state index in [4.69, 9.17) is 4.42 Å². The lowest BCUT2D eigenvalue weighted by atomic mass is 9.32. The molecule has 8 aromatic carbocycles. The first kappa shape index (κ1) is 29.0. The molecule has 1 aromatic heterocycles. The molecule has 52 heavy (non-hydrogen) atoms. The van der Waals surface area contributed by atoms with Crippen molar-refractivity contribution in [3.05, 3.63) is 188 Å². The fourth-order valence-corrected chi connectivity index (χ4v) is 8.74. The zero-order valence-corrected chi connectivity index (χ0v) is 28.3. The third-order valence-electron chi connectivity index (χ3n) is 10.9. The highest BCUT2D eigenvalue weighted by molar-refractivity contribution is 7.01. The second-order valence-electron chi connectivity index (χ2n) is 13.6. The zero-order valence-electron chi connectivity index (χ0n) is 28.3. The van der Waals surface area contributed by atoms with Gasteiger partial charge in [0, 0.05) is 44.9 Å². The number of anilines is 6. The van der Waals surface area contributed by atoms with Crippen molar-refractivity contribution in [2.75, 3.05) is 9.80 Å². The predicted octanol–water partition coefficient (Wildman–Crippen LogP) is 11.0. The highest BCUT2D eigenvalue weighted by atomic mass is 16.3. The van der Waals surface area contributed by atoms with Crippen molar-refractivity contribution in [1.82, 2.24) is 0 Å². The normalized spacial score (nSPS) is 12.9. The smallest absolute Gasteiger partial charge is 0.252 e. The van der Waals surface area contributed by atoms with E-state index in [2.05, 4.69) is 186 Å². The topological polar surface area (TPSA) is 19.6 Å². The van der Waals surface area contributed by atoms with Gasteiger partial charge in [0.05, 0.1) is 0 Å². The number of rotatable bonds is 4. The summed E-state index contributed by atoms with van der Waals surface area (Å²) in [5.41, 5.74) is 17.7. The quantitative estimate of drug-likeness (QED) is 0.175. The minimum absolute atomic E-state index is 0.0410. The van der Waals surface area contributed by atoms with E-state index in [1.54, 1.807) is 0 Å². The summed E-state index contributed by atoms with van der Waals surface area (Å²) in [6.07, 6.45) is 0. The first-order valence-electron chi connectivity index (χ1n) is 17.9. The Kier molecular flexibility index (Phi) is 6.35. The van der Waals surface area contributed by atoms with Crippen molar-refractivity contribution >= 4 is 79.2 Å². The molecule has 11 rings (SSSR count). The Hall–Kier alpha value is -6.78. The summed E-state index contributed by atoms with van der Waals surface area (Å²) in [5.74, 6) is 0. The molecule has 9 aromatic rings. The van der Waals surface area contributed by atoms with Crippen LogP contribution in [0.1, 0.15) is 0 Å². The number of fused-ring (bicyclic) bond motifs is 7. The third kappa shape index (κ3) is 4.21. The highest BCUT2D eigenvalue weighted by Gasteiger charge is 2.44. The number of para-hydroxylation sites is 4. The average molecular weight is 663 g/mol. The summed E-state index contributed by atoms with van der Waals surface area (Å²) in [6.45, 7) is 0.0410. The van der Waals surface area contributed by atoms with Gasteiger partial charge in [-0.15, -0.1) is 0 Å². The fraction of sp³-hybridized carbons (Fsp3) is 0. The van der Waals surface area contributed by atoms with Crippen molar-refractivity contribution in [3.63, 3.8) is 0 Å². The highest BCUT2D eigenvalue weighted by Crippen LogP contribution is 2.45. The van der Waals surface area contributed by atoms with E-state index >= 15 is 0 Å². The van der Waals surface area contributed by atoms with E-state index in [0.29, 0.717) is 0 Å². The Morgan fingerprint density at radius 3 is 1.60 bits per heavy atom. The van der Waals surface area contributed by atoms with Gasteiger partial charge in [-0.05, 0) is 99.3 Å². The molecule has 0 N–H and O–H groups in total. The van der Waals surface area contributed by atoms with Gasteiger partial charge in [-0.1, -0.05) is 127 Å². The van der Waals surface area contributed by atoms with Crippen LogP contribution in [0.4, 0.5) is 34.1 Å². The minimum atomic E-state index is 0.0410. The molecule has 0 bridgehead atoms.